The van der Waals surface area contributed by atoms with Gasteiger partial charge in [0.05, 0.1) is 6.26 Å². The average Bonchev–Trinajstić information content (AvgIpc) is 3.06. The van der Waals surface area contributed by atoms with E-state index in [-0.39, 0.29) is 19.0 Å². The third kappa shape index (κ3) is 5.03. The van der Waals surface area contributed by atoms with E-state index in [1.165, 1.54) is 6.92 Å². The molecule has 110 valence electrons. The van der Waals surface area contributed by atoms with Gasteiger partial charge in [0, 0.05) is 13.1 Å². The van der Waals surface area contributed by atoms with Crippen molar-refractivity contribution in [3.05, 3.63) is 0 Å². The molecular formula is C10H19N3O5S. The Kier molecular flexibility index (Phi) is 4.75. The molecule has 9 heteroatoms. The third-order valence-electron chi connectivity index (χ3n) is 2.99. The van der Waals surface area contributed by atoms with Crippen molar-refractivity contribution >= 4 is 22.0 Å². The number of nitrogens with one attached hydrogen (secondary N) is 3. The number of rotatable bonds is 7. The van der Waals surface area contributed by atoms with Crippen LogP contribution in [0.2, 0.25) is 0 Å². The molecule has 1 aliphatic rings. The monoisotopic (exact) mass is 293 g/mol. The predicted molar refractivity (Wildman–Crippen MR) is 68.1 cm³/mol. The zero-order chi connectivity index (χ0) is 14.7. The molecule has 19 heavy (non-hydrogen) atoms. The van der Waals surface area contributed by atoms with Crippen molar-refractivity contribution in [2.75, 3.05) is 19.3 Å². The van der Waals surface area contributed by atoms with E-state index < -0.39 is 27.6 Å². The third-order valence-corrected chi connectivity index (χ3v) is 3.71. The van der Waals surface area contributed by atoms with Gasteiger partial charge in [-0.1, -0.05) is 0 Å². The van der Waals surface area contributed by atoms with E-state index in [4.69, 9.17) is 5.11 Å². The fourth-order valence-electron chi connectivity index (χ4n) is 1.68. The standard InChI is InChI=1S/C10H19N3O5S/c1-10(8(14)15,7-3-4-7)13-9(16)11-5-6-12-19(2,17)18/h7,12H,3-6H2,1-2H3,(H,14,15)(H2,11,13,16). The largest absolute Gasteiger partial charge is 0.480 e. The number of urea groups is 1. The first-order valence-electron chi connectivity index (χ1n) is 5.89. The van der Waals surface area contributed by atoms with Gasteiger partial charge in [-0.25, -0.2) is 22.7 Å². The molecule has 4 N–H and O–H groups in total. The Hall–Kier alpha value is -1.35. The van der Waals surface area contributed by atoms with Crippen LogP contribution in [0.25, 0.3) is 0 Å². The van der Waals surface area contributed by atoms with Crippen molar-refractivity contribution in [1.29, 1.82) is 0 Å². The Labute approximate surface area is 112 Å². The number of carbonyl (C=O) groups excluding carboxylic acids is 1. The van der Waals surface area contributed by atoms with Gasteiger partial charge in [0.2, 0.25) is 10.0 Å². The van der Waals surface area contributed by atoms with Crippen LogP contribution in [0.15, 0.2) is 0 Å². The molecule has 0 aromatic heterocycles. The van der Waals surface area contributed by atoms with E-state index in [9.17, 15) is 18.0 Å². The summed E-state index contributed by atoms with van der Waals surface area (Å²) >= 11 is 0. The van der Waals surface area contributed by atoms with Gasteiger partial charge in [0.15, 0.2) is 0 Å². The zero-order valence-corrected chi connectivity index (χ0v) is 11.7. The summed E-state index contributed by atoms with van der Waals surface area (Å²) in [5.74, 6) is -1.12. The normalized spacial score (nSPS) is 18.4. The molecule has 1 aliphatic carbocycles. The van der Waals surface area contributed by atoms with Crippen molar-refractivity contribution in [2.24, 2.45) is 5.92 Å². The van der Waals surface area contributed by atoms with Gasteiger partial charge in [-0.05, 0) is 25.7 Å². The molecule has 1 rings (SSSR count). The van der Waals surface area contributed by atoms with Crippen LogP contribution in [0.1, 0.15) is 19.8 Å². The summed E-state index contributed by atoms with van der Waals surface area (Å²) in [5.41, 5.74) is -1.27. The smallest absolute Gasteiger partial charge is 0.329 e. The minimum atomic E-state index is -3.29. The lowest BCUT2D eigenvalue weighted by atomic mass is 9.96. The van der Waals surface area contributed by atoms with Gasteiger partial charge < -0.3 is 15.7 Å². The summed E-state index contributed by atoms with van der Waals surface area (Å²) in [6, 6.07) is -0.618. The van der Waals surface area contributed by atoms with E-state index in [0.29, 0.717) is 0 Å². The summed E-state index contributed by atoms with van der Waals surface area (Å²) < 4.78 is 23.8. The lowest BCUT2D eigenvalue weighted by molar-refractivity contribution is -0.144. The van der Waals surface area contributed by atoms with E-state index in [1.807, 2.05) is 0 Å². The van der Waals surface area contributed by atoms with Gasteiger partial charge in [-0.2, -0.15) is 0 Å². The molecule has 0 aromatic carbocycles. The minimum absolute atomic E-state index is 0.0510. The van der Waals surface area contributed by atoms with Crippen molar-refractivity contribution in [3.63, 3.8) is 0 Å². The Balaban J connectivity index is 2.36. The first kappa shape index (κ1) is 15.7. The Morgan fingerprint density at radius 1 is 1.32 bits per heavy atom. The Bertz CT molecular complexity index is 460. The molecule has 0 radical (unpaired) electrons. The van der Waals surface area contributed by atoms with Gasteiger partial charge >= 0.3 is 12.0 Å². The first-order chi connectivity index (χ1) is 8.65. The second-order valence-corrected chi connectivity index (χ2v) is 6.66. The average molecular weight is 293 g/mol. The van der Waals surface area contributed by atoms with Crippen LogP contribution in [0, 0.1) is 5.92 Å². The quantitative estimate of drug-likeness (QED) is 0.452. The fraction of sp³-hybridized carbons (Fsp3) is 0.800. The summed E-state index contributed by atoms with van der Waals surface area (Å²) in [4.78, 5) is 22.7. The maximum absolute atomic E-state index is 11.6. The van der Waals surface area contributed by atoms with Gasteiger partial charge in [0.25, 0.3) is 0 Å². The van der Waals surface area contributed by atoms with Crippen LogP contribution in [-0.2, 0) is 14.8 Å². The molecule has 0 spiro atoms. The molecular weight excluding hydrogens is 274 g/mol. The molecule has 1 saturated carbocycles. The molecule has 2 amide bonds. The highest BCUT2D eigenvalue weighted by atomic mass is 32.2. The highest BCUT2D eigenvalue weighted by molar-refractivity contribution is 7.88. The van der Waals surface area contributed by atoms with E-state index >= 15 is 0 Å². The highest BCUT2D eigenvalue weighted by Crippen LogP contribution is 2.39. The molecule has 0 aromatic rings. The number of carboxylic acids is 1. The van der Waals surface area contributed by atoms with Crippen LogP contribution in [0.5, 0.6) is 0 Å². The van der Waals surface area contributed by atoms with Crippen LogP contribution < -0.4 is 15.4 Å². The zero-order valence-electron chi connectivity index (χ0n) is 10.9. The fourth-order valence-corrected chi connectivity index (χ4v) is 2.16. The Morgan fingerprint density at radius 3 is 2.32 bits per heavy atom. The van der Waals surface area contributed by atoms with Crippen molar-refractivity contribution < 1.29 is 23.1 Å². The molecule has 8 nitrogen and oxygen atoms in total. The maximum atomic E-state index is 11.6. The molecule has 1 atom stereocenters. The Morgan fingerprint density at radius 2 is 1.89 bits per heavy atom. The van der Waals surface area contributed by atoms with Crippen LogP contribution >= 0.6 is 0 Å². The summed E-state index contributed by atoms with van der Waals surface area (Å²) in [6.45, 7) is 1.61. The predicted octanol–water partition coefficient (Wildman–Crippen LogP) is -0.912. The van der Waals surface area contributed by atoms with Crippen LogP contribution in [-0.4, -0.2) is 50.4 Å². The number of carboxylic acid groups (broad SMARTS) is 1. The number of hydrogen-bond donors (Lipinski definition) is 4. The van der Waals surface area contributed by atoms with E-state index in [2.05, 4.69) is 15.4 Å². The summed E-state index contributed by atoms with van der Waals surface area (Å²) in [5, 5.41) is 14.0. The van der Waals surface area contributed by atoms with Crippen molar-refractivity contribution in [1.82, 2.24) is 15.4 Å². The first-order valence-corrected chi connectivity index (χ1v) is 7.78. The summed E-state index contributed by atoms with van der Waals surface area (Å²) in [7, 11) is -3.29. The van der Waals surface area contributed by atoms with Crippen molar-refractivity contribution in [2.45, 2.75) is 25.3 Å². The maximum Gasteiger partial charge on any atom is 0.329 e. The second-order valence-electron chi connectivity index (χ2n) is 4.83. The number of carbonyl (C=O) groups is 2. The molecule has 0 heterocycles. The lowest BCUT2D eigenvalue weighted by Crippen LogP contribution is -2.57. The van der Waals surface area contributed by atoms with Crippen LogP contribution in [0.4, 0.5) is 4.79 Å². The second kappa shape index (κ2) is 5.74. The molecule has 0 bridgehead atoms. The topological polar surface area (TPSA) is 125 Å². The molecule has 0 aliphatic heterocycles. The number of amides is 2. The van der Waals surface area contributed by atoms with Crippen LogP contribution in [0.3, 0.4) is 0 Å². The SMILES string of the molecule is CC(NC(=O)NCCNS(C)(=O)=O)(C(=O)O)C1CC1. The molecule has 0 saturated heterocycles. The molecule has 1 fully saturated rings. The minimum Gasteiger partial charge on any atom is -0.480 e. The van der Waals surface area contributed by atoms with Gasteiger partial charge in [0.1, 0.15) is 5.54 Å². The lowest BCUT2D eigenvalue weighted by Gasteiger charge is -2.26. The van der Waals surface area contributed by atoms with Gasteiger partial charge in [-0.15, -0.1) is 0 Å². The van der Waals surface area contributed by atoms with Gasteiger partial charge in [-0.3, -0.25) is 0 Å². The number of sulfonamides is 1. The van der Waals surface area contributed by atoms with Crippen molar-refractivity contribution in [3.8, 4) is 0 Å². The molecule has 1 unspecified atom stereocenters. The summed E-state index contributed by atoms with van der Waals surface area (Å²) in [6.07, 6.45) is 2.57. The van der Waals surface area contributed by atoms with E-state index in [1.54, 1.807) is 0 Å². The number of hydrogen-bond acceptors (Lipinski definition) is 4. The number of aliphatic carboxylic acids is 1. The highest BCUT2D eigenvalue weighted by Gasteiger charge is 2.48. The van der Waals surface area contributed by atoms with E-state index in [0.717, 1.165) is 19.1 Å².